The fourth-order valence-electron chi connectivity index (χ4n) is 2.34. The van der Waals surface area contributed by atoms with Gasteiger partial charge in [0.2, 0.25) is 5.91 Å². The molecule has 2 rings (SSSR count). The molecule has 0 radical (unpaired) electrons. The van der Waals surface area contributed by atoms with Gasteiger partial charge in [-0.05, 0) is 32.7 Å². The van der Waals surface area contributed by atoms with Crippen LogP contribution in [0.1, 0.15) is 19.8 Å². The minimum absolute atomic E-state index is 0.286. The first-order chi connectivity index (χ1) is 7.18. The van der Waals surface area contributed by atoms with Crippen LogP contribution in [0.15, 0.2) is 0 Å². The van der Waals surface area contributed by atoms with Crippen molar-refractivity contribution in [3.8, 4) is 0 Å². The summed E-state index contributed by atoms with van der Waals surface area (Å²) in [7, 11) is 1.90. The number of hydrogen-bond donors (Lipinski definition) is 2. The van der Waals surface area contributed by atoms with Crippen LogP contribution in [0.3, 0.4) is 0 Å². The summed E-state index contributed by atoms with van der Waals surface area (Å²) in [6, 6.07) is 0. The maximum Gasteiger partial charge on any atom is 0.242 e. The van der Waals surface area contributed by atoms with Crippen LogP contribution in [0.5, 0.6) is 0 Å². The Morgan fingerprint density at radius 3 is 2.47 bits per heavy atom. The highest BCUT2D eigenvalue weighted by Gasteiger charge is 2.47. The molecule has 1 atom stereocenters. The van der Waals surface area contributed by atoms with E-state index in [1.165, 1.54) is 12.8 Å². The Balaban J connectivity index is 2.03. The summed E-state index contributed by atoms with van der Waals surface area (Å²) in [5.41, 5.74) is -0.322. The number of rotatable bonds is 3. The summed E-state index contributed by atoms with van der Waals surface area (Å²) in [5.74, 6) is 0.832. The van der Waals surface area contributed by atoms with Gasteiger partial charge >= 0.3 is 0 Å². The second kappa shape index (κ2) is 4.10. The fourth-order valence-corrected chi connectivity index (χ4v) is 2.34. The van der Waals surface area contributed by atoms with Crippen LogP contribution < -0.4 is 10.6 Å². The van der Waals surface area contributed by atoms with E-state index < -0.39 is 0 Å². The van der Waals surface area contributed by atoms with Gasteiger partial charge in [0.05, 0.1) is 5.54 Å². The lowest BCUT2D eigenvalue weighted by atomic mass is 9.94. The molecule has 2 fully saturated rings. The second-order valence-electron chi connectivity index (χ2n) is 4.77. The summed E-state index contributed by atoms with van der Waals surface area (Å²) in [4.78, 5) is 14.4. The van der Waals surface area contributed by atoms with Crippen LogP contribution in [-0.4, -0.2) is 49.6 Å². The van der Waals surface area contributed by atoms with Gasteiger partial charge in [0.1, 0.15) is 0 Å². The standard InChI is InChI=1S/C11H21N3O/c1-11(12-2,9-3-4-9)10(15)14-7-5-13-6-8-14/h9,12-13H,3-8H2,1-2H3. The van der Waals surface area contributed by atoms with Crippen LogP contribution in [0, 0.1) is 5.92 Å². The van der Waals surface area contributed by atoms with Gasteiger partial charge in [-0.3, -0.25) is 4.79 Å². The van der Waals surface area contributed by atoms with Crippen molar-refractivity contribution in [2.24, 2.45) is 5.92 Å². The number of carbonyl (C=O) groups excluding carboxylic acids is 1. The van der Waals surface area contributed by atoms with Crippen molar-refractivity contribution in [1.29, 1.82) is 0 Å². The Morgan fingerprint density at radius 2 is 2.00 bits per heavy atom. The predicted molar refractivity (Wildman–Crippen MR) is 59.6 cm³/mol. The summed E-state index contributed by atoms with van der Waals surface area (Å²) in [6.07, 6.45) is 2.38. The highest BCUT2D eigenvalue weighted by Crippen LogP contribution is 2.40. The monoisotopic (exact) mass is 211 g/mol. The van der Waals surface area contributed by atoms with E-state index in [9.17, 15) is 4.79 Å². The number of nitrogens with one attached hydrogen (secondary N) is 2. The van der Waals surface area contributed by atoms with E-state index in [1.807, 2.05) is 11.9 Å². The van der Waals surface area contributed by atoms with E-state index in [2.05, 4.69) is 17.6 Å². The molecular formula is C11H21N3O. The molecule has 2 aliphatic rings. The van der Waals surface area contributed by atoms with E-state index in [0.29, 0.717) is 5.92 Å². The van der Waals surface area contributed by atoms with Crippen LogP contribution in [0.25, 0.3) is 0 Å². The third-order valence-corrected chi connectivity index (χ3v) is 3.76. The molecule has 1 heterocycles. The predicted octanol–water partition coefficient (Wildman–Crippen LogP) is -0.194. The first-order valence-corrected chi connectivity index (χ1v) is 5.87. The Morgan fingerprint density at radius 1 is 1.40 bits per heavy atom. The molecule has 1 aliphatic heterocycles. The molecule has 0 bridgehead atoms. The van der Waals surface area contributed by atoms with Gasteiger partial charge in [-0.15, -0.1) is 0 Å². The Hall–Kier alpha value is -0.610. The van der Waals surface area contributed by atoms with Gasteiger partial charge in [-0.2, -0.15) is 0 Å². The molecule has 4 heteroatoms. The molecule has 0 aromatic heterocycles. The fraction of sp³-hybridized carbons (Fsp3) is 0.909. The van der Waals surface area contributed by atoms with Crippen molar-refractivity contribution in [2.45, 2.75) is 25.3 Å². The second-order valence-corrected chi connectivity index (χ2v) is 4.77. The number of hydrogen-bond acceptors (Lipinski definition) is 3. The lowest BCUT2D eigenvalue weighted by Gasteiger charge is -2.36. The molecule has 1 saturated heterocycles. The van der Waals surface area contributed by atoms with Crippen molar-refractivity contribution in [2.75, 3.05) is 33.2 Å². The van der Waals surface area contributed by atoms with E-state index in [4.69, 9.17) is 0 Å². The lowest BCUT2D eigenvalue weighted by molar-refractivity contribution is -0.139. The van der Waals surface area contributed by atoms with Crippen LogP contribution in [-0.2, 0) is 4.79 Å². The van der Waals surface area contributed by atoms with E-state index in [0.717, 1.165) is 26.2 Å². The van der Waals surface area contributed by atoms with E-state index in [1.54, 1.807) is 0 Å². The van der Waals surface area contributed by atoms with Gasteiger partial charge < -0.3 is 15.5 Å². The number of nitrogens with zero attached hydrogens (tertiary/aromatic N) is 1. The summed E-state index contributed by atoms with van der Waals surface area (Å²) < 4.78 is 0. The summed E-state index contributed by atoms with van der Waals surface area (Å²) in [5, 5.41) is 6.50. The number of likely N-dealkylation sites (N-methyl/N-ethyl adjacent to an activating group) is 1. The van der Waals surface area contributed by atoms with Gasteiger partial charge in [0.25, 0.3) is 0 Å². The first-order valence-electron chi connectivity index (χ1n) is 5.87. The van der Waals surface area contributed by atoms with Gasteiger partial charge in [0.15, 0.2) is 0 Å². The number of carbonyl (C=O) groups is 1. The Labute approximate surface area is 91.4 Å². The van der Waals surface area contributed by atoms with Gasteiger partial charge in [-0.1, -0.05) is 0 Å². The largest absolute Gasteiger partial charge is 0.339 e. The summed E-state index contributed by atoms with van der Waals surface area (Å²) >= 11 is 0. The quantitative estimate of drug-likeness (QED) is 0.680. The minimum Gasteiger partial charge on any atom is -0.339 e. The third-order valence-electron chi connectivity index (χ3n) is 3.76. The molecule has 0 aromatic rings. The molecular weight excluding hydrogens is 190 g/mol. The van der Waals surface area contributed by atoms with Gasteiger partial charge in [0, 0.05) is 26.2 Å². The molecule has 1 saturated carbocycles. The Bertz CT molecular complexity index is 246. The summed E-state index contributed by atoms with van der Waals surface area (Å²) in [6.45, 7) is 5.60. The van der Waals surface area contributed by atoms with Crippen LogP contribution in [0.2, 0.25) is 0 Å². The molecule has 86 valence electrons. The van der Waals surface area contributed by atoms with Crippen LogP contribution in [0.4, 0.5) is 0 Å². The van der Waals surface area contributed by atoms with Crippen molar-refractivity contribution in [3.63, 3.8) is 0 Å². The molecule has 1 unspecified atom stereocenters. The van der Waals surface area contributed by atoms with Gasteiger partial charge in [-0.25, -0.2) is 0 Å². The molecule has 1 amide bonds. The number of amides is 1. The van der Waals surface area contributed by atoms with Crippen molar-refractivity contribution >= 4 is 5.91 Å². The number of piperazine rings is 1. The SMILES string of the molecule is CNC(C)(C(=O)N1CCNCC1)C1CC1. The molecule has 0 aromatic carbocycles. The smallest absolute Gasteiger partial charge is 0.242 e. The average Bonchev–Trinajstić information content (AvgIpc) is 3.12. The van der Waals surface area contributed by atoms with Crippen molar-refractivity contribution < 1.29 is 4.79 Å². The average molecular weight is 211 g/mol. The Kier molecular flexibility index (Phi) is 2.98. The lowest BCUT2D eigenvalue weighted by Crippen LogP contribution is -2.59. The zero-order valence-corrected chi connectivity index (χ0v) is 9.68. The third kappa shape index (κ3) is 2.01. The molecule has 4 nitrogen and oxygen atoms in total. The van der Waals surface area contributed by atoms with Crippen molar-refractivity contribution in [3.05, 3.63) is 0 Å². The highest BCUT2D eigenvalue weighted by molar-refractivity contribution is 5.86. The minimum atomic E-state index is -0.322. The molecule has 1 aliphatic carbocycles. The molecule has 2 N–H and O–H groups in total. The van der Waals surface area contributed by atoms with E-state index >= 15 is 0 Å². The van der Waals surface area contributed by atoms with Crippen LogP contribution >= 0.6 is 0 Å². The zero-order chi connectivity index (χ0) is 10.9. The molecule has 0 spiro atoms. The van der Waals surface area contributed by atoms with E-state index in [-0.39, 0.29) is 11.4 Å². The maximum atomic E-state index is 12.4. The molecule has 15 heavy (non-hydrogen) atoms. The zero-order valence-electron chi connectivity index (χ0n) is 9.68. The maximum absolute atomic E-state index is 12.4. The highest BCUT2D eigenvalue weighted by atomic mass is 16.2. The topological polar surface area (TPSA) is 44.4 Å². The van der Waals surface area contributed by atoms with Crippen molar-refractivity contribution in [1.82, 2.24) is 15.5 Å². The first kappa shape index (κ1) is 10.9. The normalized spacial score (nSPS) is 26.1.